The lowest BCUT2D eigenvalue weighted by Crippen LogP contribution is -2.15. The van der Waals surface area contributed by atoms with Crippen molar-refractivity contribution in [2.75, 3.05) is 6.54 Å². The third-order valence-corrected chi connectivity index (χ3v) is 4.01. The monoisotopic (exact) mass is 285 g/mol. The number of rotatable bonds is 15. The lowest BCUT2D eigenvalue weighted by atomic mass is 9.95. The molecule has 0 heterocycles. The summed E-state index contributed by atoms with van der Waals surface area (Å²) in [6, 6.07) is 0. The number of nitrogens with two attached hydrogens (primary N) is 1. The summed E-state index contributed by atoms with van der Waals surface area (Å²) in [4.78, 5) is 11.1. The number of aliphatic carboxylic acids is 1. The Hall–Kier alpha value is -0.570. The van der Waals surface area contributed by atoms with Crippen LogP contribution in [-0.4, -0.2) is 17.6 Å². The minimum absolute atomic E-state index is 0.174. The minimum Gasteiger partial charge on any atom is -0.481 e. The molecule has 1 unspecified atom stereocenters. The number of hydrogen-bond donors (Lipinski definition) is 2. The molecule has 20 heavy (non-hydrogen) atoms. The maximum Gasteiger partial charge on any atom is 0.306 e. The van der Waals surface area contributed by atoms with Crippen LogP contribution < -0.4 is 5.73 Å². The van der Waals surface area contributed by atoms with Crippen LogP contribution in [0.25, 0.3) is 0 Å². The zero-order valence-corrected chi connectivity index (χ0v) is 13.4. The van der Waals surface area contributed by atoms with E-state index in [0.29, 0.717) is 6.54 Å². The van der Waals surface area contributed by atoms with Gasteiger partial charge in [0.05, 0.1) is 5.92 Å². The van der Waals surface area contributed by atoms with Gasteiger partial charge in [-0.05, 0) is 25.8 Å². The second-order valence-electron chi connectivity index (χ2n) is 5.94. The Balaban J connectivity index is 3.34. The van der Waals surface area contributed by atoms with Gasteiger partial charge in [0.15, 0.2) is 0 Å². The van der Waals surface area contributed by atoms with E-state index in [1.54, 1.807) is 0 Å². The molecule has 3 nitrogen and oxygen atoms in total. The first-order valence-corrected chi connectivity index (χ1v) is 8.65. The van der Waals surface area contributed by atoms with Crippen LogP contribution >= 0.6 is 0 Å². The van der Waals surface area contributed by atoms with Gasteiger partial charge in [0.25, 0.3) is 0 Å². The van der Waals surface area contributed by atoms with Gasteiger partial charge in [-0.3, -0.25) is 4.79 Å². The van der Waals surface area contributed by atoms with E-state index >= 15 is 0 Å². The fraction of sp³-hybridized carbons (Fsp3) is 0.941. The highest BCUT2D eigenvalue weighted by Gasteiger charge is 2.15. The summed E-state index contributed by atoms with van der Waals surface area (Å²) in [5, 5.41) is 9.10. The van der Waals surface area contributed by atoms with Crippen LogP contribution in [0.5, 0.6) is 0 Å². The van der Waals surface area contributed by atoms with E-state index < -0.39 is 5.97 Å². The second kappa shape index (κ2) is 14.8. The fourth-order valence-corrected chi connectivity index (χ4v) is 2.63. The maximum atomic E-state index is 11.1. The molecule has 0 saturated heterocycles. The average molecular weight is 285 g/mol. The smallest absolute Gasteiger partial charge is 0.306 e. The lowest BCUT2D eigenvalue weighted by molar-refractivity contribution is -0.142. The molecule has 0 saturated carbocycles. The van der Waals surface area contributed by atoms with E-state index in [2.05, 4.69) is 6.92 Å². The van der Waals surface area contributed by atoms with Gasteiger partial charge in [-0.1, -0.05) is 71.1 Å². The maximum absolute atomic E-state index is 11.1. The topological polar surface area (TPSA) is 63.3 Å². The molecule has 0 spiro atoms. The van der Waals surface area contributed by atoms with Crippen molar-refractivity contribution in [2.24, 2.45) is 11.7 Å². The molecule has 1 atom stereocenters. The predicted octanol–water partition coefficient (Wildman–Crippen LogP) is 4.74. The van der Waals surface area contributed by atoms with Crippen LogP contribution in [0.4, 0.5) is 0 Å². The first-order chi connectivity index (χ1) is 9.72. The molecule has 0 aliphatic rings. The van der Waals surface area contributed by atoms with Crippen molar-refractivity contribution >= 4 is 5.97 Å². The third kappa shape index (κ3) is 12.5. The average Bonchev–Trinajstić information content (AvgIpc) is 2.43. The van der Waals surface area contributed by atoms with Gasteiger partial charge >= 0.3 is 5.97 Å². The Kier molecular flexibility index (Phi) is 14.4. The van der Waals surface area contributed by atoms with E-state index in [1.807, 2.05) is 0 Å². The normalized spacial score (nSPS) is 12.5. The van der Waals surface area contributed by atoms with Gasteiger partial charge in [-0.2, -0.15) is 0 Å². The number of carboxylic acid groups (broad SMARTS) is 1. The molecule has 0 amide bonds. The molecule has 3 heteroatoms. The van der Waals surface area contributed by atoms with Crippen molar-refractivity contribution in [3.05, 3.63) is 0 Å². The number of carbonyl (C=O) groups is 1. The quantitative estimate of drug-likeness (QED) is 0.427. The Morgan fingerprint density at radius 1 is 0.850 bits per heavy atom. The van der Waals surface area contributed by atoms with Crippen LogP contribution in [0.3, 0.4) is 0 Å². The Labute approximate surface area is 125 Å². The van der Waals surface area contributed by atoms with Crippen LogP contribution in [0.1, 0.15) is 90.4 Å². The van der Waals surface area contributed by atoms with Crippen LogP contribution in [0.15, 0.2) is 0 Å². The van der Waals surface area contributed by atoms with E-state index in [1.165, 1.54) is 57.8 Å². The van der Waals surface area contributed by atoms with Crippen molar-refractivity contribution in [2.45, 2.75) is 90.4 Å². The molecular weight excluding hydrogens is 250 g/mol. The first kappa shape index (κ1) is 19.4. The summed E-state index contributed by atoms with van der Waals surface area (Å²) in [5.74, 6) is -0.818. The zero-order chi connectivity index (χ0) is 15.1. The second-order valence-corrected chi connectivity index (χ2v) is 5.94. The van der Waals surface area contributed by atoms with Gasteiger partial charge in [0, 0.05) is 0 Å². The van der Waals surface area contributed by atoms with Crippen molar-refractivity contribution in [3.63, 3.8) is 0 Å². The highest BCUT2D eigenvalue weighted by Crippen LogP contribution is 2.17. The molecule has 0 fully saturated rings. The van der Waals surface area contributed by atoms with E-state index in [0.717, 1.165) is 25.7 Å². The standard InChI is InChI=1S/C17H35NO2/c1-2-3-4-5-6-7-8-9-10-11-13-16(17(19)20)14-12-15-18/h16H,2-15,18H2,1H3,(H,19,20). The highest BCUT2D eigenvalue weighted by atomic mass is 16.4. The first-order valence-electron chi connectivity index (χ1n) is 8.65. The summed E-state index contributed by atoms with van der Waals surface area (Å²) >= 11 is 0. The van der Waals surface area contributed by atoms with Gasteiger partial charge < -0.3 is 10.8 Å². The summed E-state index contributed by atoms with van der Waals surface area (Å²) in [7, 11) is 0. The molecule has 0 aliphatic carbocycles. The van der Waals surface area contributed by atoms with Gasteiger partial charge in [0.2, 0.25) is 0 Å². The highest BCUT2D eigenvalue weighted by molar-refractivity contribution is 5.69. The molecule has 0 aromatic carbocycles. The molecule has 3 N–H and O–H groups in total. The molecule has 0 aliphatic heterocycles. The predicted molar refractivity (Wildman–Crippen MR) is 85.9 cm³/mol. The Bertz CT molecular complexity index is 219. The molecular formula is C17H35NO2. The molecule has 0 aromatic heterocycles. The summed E-state index contributed by atoms with van der Waals surface area (Å²) < 4.78 is 0. The van der Waals surface area contributed by atoms with Crippen LogP contribution in [0, 0.1) is 5.92 Å². The van der Waals surface area contributed by atoms with Crippen molar-refractivity contribution in [3.8, 4) is 0 Å². The van der Waals surface area contributed by atoms with Gasteiger partial charge in [0.1, 0.15) is 0 Å². The van der Waals surface area contributed by atoms with Crippen LogP contribution in [-0.2, 0) is 4.79 Å². The molecule has 0 radical (unpaired) electrons. The number of hydrogen-bond acceptors (Lipinski definition) is 2. The molecule has 0 bridgehead atoms. The van der Waals surface area contributed by atoms with Gasteiger partial charge in [-0.25, -0.2) is 0 Å². The SMILES string of the molecule is CCCCCCCCCCCCC(CCCN)C(=O)O. The minimum atomic E-state index is -0.644. The number of unbranched alkanes of at least 4 members (excludes halogenated alkanes) is 9. The van der Waals surface area contributed by atoms with E-state index in [-0.39, 0.29) is 5.92 Å². The summed E-state index contributed by atoms with van der Waals surface area (Å²) in [6.45, 7) is 2.85. The Morgan fingerprint density at radius 3 is 1.75 bits per heavy atom. The largest absolute Gasteiger partial charge is 0.481 e. The summed E-state index contributed by atoms with van der Waals surface area (Å²) in [5.41, 5.74) is 5.44. The Morgan fingerprint density at radius 2 is 1.30 bits per heavy atom. The van der Waals surface area contributed by atoms with E-state index in [4.69, 9.17) is 10.8 Å². The number of carboxylic acids is 1. The molecule has 0 rings (SSSR count). The van der Waals surface area contributed by atoms with Crippen LogP contribution in [0.2, 0.25) is 0 Å². The van der Waals surface area contributed by atoms with Gasteiger partial charge in [-0.15, -0.1) is 0 Å². The van der Waals surface area contributed by atoms with E-state index in [9.17, 15) is 4.79 Å². The lowest BCUT2D eigenvalue weighted by Gasteiger charge is -2.11. The van der Waals surface area contributed by atoms with Crippen molar-refractivity contribution < 1.29 is 9.90 Å². The summed E-state index contributed by atoms with van der Waals surface area (Å²) in [6.07, 6.45) is 15.4. The third-order valence-electron chi connectivity index (χ3n) is 4.01. The molecule has 120 valence electrons. The fourth-order valence-electron chi connectivity index (χ4n) is 2.63. The zero-order valence-electron chi connectivity index (χ0n) is 13.4. The van der Waals surface area contributed by atoms with Crippen molar-refractivity contribution in [1.82, 2.24) is 0 Å². The van der Waals surface area contributed by atoms with Crippen molar-refractivity contribution in [1.29, 1.82) is 0 Å². The molecule has 0 aromatic rings.